The molecule has 2 rings (SSSR count). The van der Waals surface area contributed by atoms with Gasteiger partial charge in [-0.25, -0.2) is 4.39 Å². The first-order chi connectivity index (χ1) is 7.72. The molecule has 0 saturated heterocycles. The number of benzene rings is 2. The normalized spacial score (nSPS) is 10.2. The third-order valence-electron chi connectivity index (χ3n) is 2.55. The molecule has 0 saturated carbocycles. The average molecular weight is 216 g/mol. The third kappa shape index (κ3) is 1.91. The average Bonchev–Trinajstić information content (AvgIpc) is 2.31. The van der Waals surface area contributed by atoms with Gasteiger partial charge in [0.2, 0.25) is 0 Å². The van der Waals surface area contributed by atoms with Crippen molar-refractivity contribution in [3.63, 3.8) is 0 Å². The smallest absolute Gasteiger partial charge is 0.172 e. The van der Waals surface area contributed by atoms with Gasteiger partial charge in [-0.05, 0) is 18.6 Å². The fourth-order valence-electron chi connectivity index (χ4n) is 1.62. The molecule has 0 bridgehead atoms. The minimum Gasteiger partial charge on any atom is -0.494 e. The van der Waals surface area contributed by atoms with Gasteiger partial charge in [0.05, 0.1) is 7.11 Å². The van der Waals surface area contributed by atoms with Crippen molar-refractivity contribution in [3.8, 4) is 16.9 Å². The van der Waals surface area contributed by atoms with Crippen molar-refractivity contribution in [2.45, 2.75) is 6.92 Å². The summed E-state index contributed by atoms with van der Waals surface area (Å²) in [5.74, 6) is -0.0353. The molecule has 0 fully saturated rings. The van der Waals surface area contributed by atoms with Gasteiger partial charge in [-0.2, -0.15) is 0 Å². The quantitative estimate of drug-likeness (QED) is 0.741. The van der Waals surface area contributed by atoms with Gasteiger partial charge >= 0.3 is 0 Å². The van der Waals surface area contributed by atoms with E-state index >= 15 is 0 Å². The van der Waals surface area contributed by atoms with Crippen molar-refractivity contribution < 1.29 is 9.13 Å². The van der Waals surface area contributed by atoms with Crippen LogP contribution < -0.4 is 4.74 Å². The Bertz CT molecular complexity index is 489. The molecule has 0 atom stereocenters. The molecular weight excluding hydrogens is 203 g/mol. The van der Waals surface area contributed by atoms with Gasteiger partial charge in [-0.1, -0.05) is 42.0 Å². The van der Waals surface area contributed by atoms with Crippen LogP contribution in [0.3, 0.4) is 0 Å². The molecular formula is C14H13FO. The van der Waals surface area contributed by atoms with Crippen LogP contribution in [0.1, 0.15) is 5.56 Å². The van der Waals surface area contributed by atoms with Crippen LogP contribution in [0.15, 0.2) is 42.5 Å². The van der Waals surface area contributed by atoms with Crippen LogP contribution in [0.4, 0.5) is 4.39 Å². The highest BCUT2D eigenvalue weighted by atomic mass is 19.1. The number of ether oxygens (including phenoxy) is 1. The molecule has 0 aromatic heterocycles. The summed E-state index contributed by atoms with van der Waals surface area (Å²) in [6.45, 7) is 2.01. The molecule has 2 aromatic rings. The predicted octanol–water partition coefficient (Wildman–Crippen LogP) is 3.81. The van der Waals surface area contributed by atoms with E-state index in [9.17, 15) is 4.39 Å². The van der Waals surface area contributed by atoms with E-state index in [-0.39, 0.29) is 11.6 Å². The number of hydrogen-bond acceptors (Lipinski definition) is 1. The monoisotopic (exact) mass is 216 g/mol. The summed E-state index contributed by atoms with van der Waals surface area (Å²) in [5, 5.41) is 0. The highest BCUT2D eigenvalue weighted by Crippen LogP contribution is 2.28. The molecule has 0 heterocycles. The Morgan fingerprint density at radius 2 is 1.69 bits per heavy atom. The Morgan fingerprint density at radius 1 is 1.00 bits per heavy atom. The van der Waals surface area contributed by atoms with Crippen LogP contribution in [0, 0.1) is 12.7 Å². The maximum absolute atomic E-state index is 13.9. The molecule has 0 aliphatic heterocycles. The molecule has 0 amide bonds. The fourth-order valence-corrected chi connectivity index (χ4v) is 1.62. The minimum atomic E-state index is -0.311. The van der Waals surface area contributed by atoms with Gasteiger partial charge < -0.3 is 4.74 Å². The topological polar surface area (TPSA) is 9.23 Å². The first-order valence-corrected chi connectivity index (χ1v) is 5.12. The molecule has 0 N–H and O–H groups in total. The largest absolute Gasteiger partial charge is 0.494 e. The summed E-state index contributed by atoms with van der Waals surface area (Å²) in [6.07, 6.45) is 0. The van der Waals surface area contributed by atoms with Crippen molar-refractivity contribution in [2.24, 2.45) is 0 Å². The van der Waals surface area contributed by atoms with Crippen molar-refractivity contribution in [2.75, 3.05) is 7.11 Å². The lowest BCUT2D eigenvalue weighted by atomic mass is 10.0. The van der Waals surface area contributed by atoms with Gasteiger partial charge in [-0.15, -0.1) is 0 Å². The first-order valence-electron chi connectivity index (χ1n) is 5.12. The Labute approximate surface area is 94.5 Å². The van der Waals surface area contributed by atoms with E-state index in [1.165, 1.54) is 7.11 Å². The third-order valence-corrected chi connectivity index (χ3v) is 2.55. The number of methoxy groups -OCH3 is 1. The van der Waals surface area contributed by atoms with E-state index in [1.807, 2.05) is 31.2 Å². The predicted molar refractivity (Wildman–Crippen MR) is 63.1 cm³/mol. The van der Waals surface area contributed by atoms with Crippen LogP contribution in [-0.2, 0) is 0 Å². The molecule has 1 nitrogen and oxygen atoms in total. The van der Waals surface area contributed by atoms with E-state index in [1.54, 1.807) is 18.2 Å². The van der Waals surface area contributed by atoms with Crippen LogP contribution in [0.2, 0.25) is 0 Å². The van der Waals surface area contributed by atoms with Crippen LogP contribution in [0.25, 0.3) is 11.1 Å². The van der Waals surface area contributed by atoms with Crippen molar-refractivity contribution in [3.05, 3.63) is 53.8 Å². The summed E-state index contributed by atoms with van der Waals surface area (Å²) in [5.41, 5.74) is 2.59. The first kappa shape index (κ1) is 10.7. The standard InChI is InChI=1S/C14H13FO/c1-10-6-8-11(9-7-10)12-4-3-5-13(16-2)14(12)15/h3-9H,1-2H3. The highest BCUT2D eigenvalue weighted by Gasteiger charge is 2.09. The van der Waals surface area contributed by atoms with Gasteiger partial charge in [0.25, 0.3) is 0 Å². The van der Waals surface area contributed by atoms with Gasteiger partial charge in [0.1, 0.15) is 0 Å². The van der Waals surface area contributed by atoms with E-state index in [2.05, 4.69) is 0 Å². The van der Waals surface area contributed by atoms with E-state index in [0.717, 1.165) is 11.1 Å². The second kappa shape index (κ2) is 4.35. The zero-order valence-electron chi connectivity index (χ0n) is 9.33. The minimum absolute atomic E-state index is 0.276. The Balaban J connectivity index is 2.51. The van der Waals surface area contributed by atoms with Crippen molar-refractivity contribution in [1.82, 2.24) is 0 Å². The molecule has 0 unspecified atom stereocenters. The number of hydrogen-bond donors (Lipinski definition) is 0. The van der Waals surface area contributed by atoms with Crippen LogP contribution in [-0.4, -0.2) is 7.11 Å². The van der Waals surface area contributed by atoms with Gasteiger partial charge in [0.15, 0.2) is 11.6 Å². The molecule has 0 aliphatic carbocycles. The second-order valence-corrected chi connectivity index (χ2v) is 3.69. The second-order valence-electron chi connectivity index (χ2n) is 3.69. The Morgan fingerprint density at radius 3 is 2.31 bits per heavy atom. The molecule has 0 spiro atoms. The lowest BCUT2D eigenvalue weighted by Gasteiger charge is -2.07. The van der Waals surface area contributed by atoms with Crippen LogP contribution >= 0.6 is 0 Å². The van der Waals surface area contributed by atoms with E-state index in [0.29, 0.717) is 5.56 Å². The summed E-state index contributed by atoms with van der Waals surface area (Å²) < 4.78 is 18.9. The van der Waals surface area contributed by atoms with Crippen LogP contribution in [0.5, 0.6) is 5.75 Å². The number of aryl methyl sites for hydroxylation is 1. The molecule has 0 radical (unpaired) electrons. The van der Waals surface area contributed by atoms with E-state index < -0.39 is 0 Å². The molecule has 0 aliphatic rings. The van der Waals surface area contributed by atoms with Crippen molar-refractivity contribution in [1.29, 1.82) is 0 Å². The maximum atomic E-state index is 13.9. The summed E-state index contributed by atoms with van der Waals surface area (Å²) in [6, 6.07) is 12.9. The van der Waals surface area contributed by atoms with Gasteiger partial charge in [0, 0.05) is 5.56 Å². The van der Waals surface area contributed by atoms with Crippen molar-refractivity contribution >= 4 is 0 Å². The fraction of sp³-hybridized carbons (Fsp3) is 0.143. The molecule has 2 heteroatoms. The Hall–Kier alpha value is -1.83. The zero-order valence-corrected chi connectivity index (χ0v) is 9.33. The summed E-state index contributed by atoms with van der Waals surface area (Å²) in [7, 11) is 1.47. The molecule has 2 aromatic carbocycles. The van der Waals surface area contributed by atoms with E-state index in [4.69, 9.17) is 4.74 Å². The summed E-state index contributed by atoms with van der Waals surface area (Å²) in [4.78, 5) is 0. The number of halogens is 1. The summed E-state index contributed by atoms with van der Waals surface area (Å²) >= 11 is 0. The lowest BCUT2D eigenvalue weighted by molar-refractivity contribution is 0.387. The molecule has 82 valence electrons. The van der Waals surface area contributed by atoms with Gasteiger partial charge in [-0.3, -0.25) is 0 Å². The molecule has 16 heavy (non-hydrogen) atoms. The maximum Gasteiger partial charge on any atom is 0.172 e. The highest BCUT2D eigenvalue weighted by molar-refractivity contribution is 5.66. The zero-order chi connectivity index (χ0) is 11.5. The Kier molecular flexibility index (Phi) is 2.91. The number of rotatable bonds is 2. The lowest BCUT2D eigenvalue weighted by Crippen LogP contribution is -1.91. The SMILES string of the molecule is COc1cccc(-c2ccc(C)cc2)c1F.